The molecule has 2 aliphatic carbocycles. The number of carbonyl (C=O) groups excluding carboxylic acids is 2. The Morgan fingerprint density at radius 2 is 1.90 bits per heavy atom. The Hall–Kier alpha value is -3.42. The summed E-state index contributed by atoms with van der Waals surface area (Å²) in [7, 11) is -4.29. The number of benzene rings is 2. The molecule has 2 aromatic carbocycles. The quantitative estimate of drug-likeness (QED) is 0.387. The molecule has 10 nitrogen and oxygen atoms in total. The second kappa shape index (κ2) is 12.4. The second-order valence-corrected chi connectivity index (χ2v) is 16.6. The van der Waals surface area contributed by atoms with Gasteiger partial charge in [-0.15, -0.1) is 0 Å². The number of halogens is 3. The van der Waals surface area contributed by atoms with Crippen LogP contribution < -0.4 is 14.4 Å². The summed E-state index contributed by atoms with van der Waals surface area (Å²) in [6.07, 6.45) is 5.98. The first kappa shape index (κ1) is 34.0. The van der Waals surface area contributed by atoms with Gasteiger partial charge in [0.1, 0.15) is 17.5 Å². The zero-order valence-electron chi connectivity index (χ0n) is 27.4. The minimum atomic E-state index is -4.29. The van der Waals surface area contributed by atoms with Gasteiger partial charge in [0.2, 0.25) is 0 Å². The third-order valence-electron chi connectivity index (χ3n) is 10.7. The van der Waals surface area contributed by atoms with Crippen molar-refractivity contribution in [3.05, 3.63) is 64.7 Å². The number of ether oxygens (including phenoxy) is 3. The van der Waals surface area contributed by atoms with Crippen molar-refractivity contribution in [1.29, 1.82) is 0 Å². The summed E-state index contributed by atoms with van der Waals surface area (Å²) < 4.78 is 74.7. The Labute approximate surface area is 289 Å². The van der Waals surface area contributed by atoms with E-state index in [0.29, 0.717) is 36.2 Å². The van der Waals surface area contributed by atoms with Crippen molar-refractivity contribution in [2.24, 2.45) is 11.8 Å². The van der Waals surface area contributed by atoms with Crippen molar-refractivity contribution < 1.29 is 41.0 Å². The number of nitrogens with one attached hydrogen (secondary N) is 1. The highest BCUT2D eigenvalue weighted by Crippen LogP contribution is 2.47. The van der Waals surface area contributed by atoms with E-state index in [9.17, 15) is 26.8 Å². The molecule has 1 saturated carbocycles. The lowest BCUT2D eigenvalue weighted by atomic mass is 9.68. The van der Waals surface area contributed by atoms with E-state index >= 15 is 0 Å². The van der Waals surface area contributed by atoms with Gasteiger partial charge in [-0.25, -0.2) is 26.7 Å². The van der Waals surface area contributed by atoms with E-state index in [-0.39, 0.29) is 23.3 Å². The second-order valence-electron chi connectivity index (χ2n) is 14.5. The van der Waals surface area contributed by atoms with Gasteiger partial charge in [-0.05, 0) is 99.4 Å². The van der Waals surface area contributed by atoms with Gasteiger partial charge in [0.05, 0.1) is 36.9 Å². The van der Waals surface area contributed by atoms with E-state index in [2.05, 4.69) is 15.7 Å². The molecule has 0 aromatic heterocycles. The molecule has 2 aromatic rings. The number of nitrogens with zero attached hydrogens (tertiary/aromatic N) is 2. The lowest BCUT2D eigenvalue weighted by molar-refractivity contribution is -0.139. The number of rotatable bonds is 1. The first-order valence-corrected chi connectivity index (χ1v) is 18.5. The van der Waals surface area contributed by atoms with E-state index in [0.717, 1.165) is 48.1 Å². The van der Waals surface area contributed by atoms with Crippen LogP contribution in [0.2, 0.25) is 5.02 Å². The molecule has 49 heavy (non-hydrogen) atoms. The van der Waals surface area contributed by atoms with Crippen LogP contribution in [0.3, 0.4) is 0 Å². The monoisotopic (exact) mass is 719 g/mol. The predicted octanol–water partition coefficient (Wildman–Crippen LogP) is 5.47. The Morgan fingerprint density at radius 1 is 1.10 bits per heavy atom. The molecule has 14 heteroatoms. The van der Waals surface area contributed by atoms with Gasteiger partial charge < -0.3 is 19.1 Å². The molecule has 2 amide bonds. The number of amides is 2. The first-order chi connectivity index (χ1) is 23.1. The van der Waals surface area contributed by atoms with Gasteiger partial charge >= 0.3 is 6.09 Å². The van der Waals surface area contributed by atoms with Crippen LogP contribution in [0.25, 0.3) is 0 Å². The fraction of sp³-hybridized carbons (Fsp3) is 0.543. The van der Waals surface area contributed by atoms with Crippen LogP contribution in [0.4, 0.5) is 19.3 Å². The molecule has 264 valence electrons. The Kier molecular flexibility index (Phi) is 8.63. The zero-order chi connectivity index (χ0) is 34.8. The van der Waals surface area contributed by atoms with Gasteiger partial charge in [0.25, 0.3) is 21.9 Å². The SMILES string of the molecule is CC1(C)OC/C=C\[C@H](OC(=O)N2CC(F)(F)C2)[C@@H]2CC[C@H]2CN2C[C@@]3(CCCc4cc(Cl)ccc43)COc3ccc(cc32)S(=O)(=O)NC1=O. The summed E-state index contributed by atoms with van der Waals surface area (Å²) in [4.78, 5) is 29.2. The van der Waals surface area contributed by atoms with Crippen molar-refractivity contribution in [3.8, 4) is 5.75 Å². The Morgan fingerprint density at radius 3 is 2.63 bits per heavy atom. The van der Waals surface area contributed by atoms with Crippen LogP contribution in [0, 0.1) is 11.8 Å². The molecular formula is C35H40ClF2N3O7S. The van der Waals surface area contributed by atoms with Crippen molar-refractivity contribution in [1.82, 2.24) is 9.62 Å². The molecule has 0 radical (unpaired) electrons. The van der Waals surface area contributed by atoms with Crippen molar-refractivity contribution in [3.63, 3.8) is 0 Å². The standard InChI is InChI=1S/C35H40ClF2N3O7S/c1-33(2)31(42)39-49(44,45)25-9-12-30-28(16-25)40(18-34(21-46-30)13-3-5-22-15-24(36)8-11-27(22)34)17-23-7-10-26(23)29(6-4-14-47-33)48-32(43)41-19-35(37,38)20-41/h4,6,8-9,11-12,15-16,23,26,29H,3,5,7,10,13-14,17-21H2,1-2H3,(H,39,42)/b6-4-/t23-,26+,29-,34-/m0/s1. The number of hydrogen-bond donors (Lipinski definition) is 1. The summed E-state index contributed by atoms with van der Waals surface area (Å²) in [6.45, 7) is 2.85. The molecule has 1 N–H and O–H groups in total. The fourth-order valence-corrected chi connectivity index (χ4v) is 9.03. The molecule has 5 aliphatic rings. The summed E-state index contributed by atoms with van der Waals surface area (Å²) in [5.41, 5.74) is 0.937. The van der Waals surface area contributed by atoms with Crippen LogP contribution in [-0.4, -0.2) is 82.3 Å². The van der Waals surface area contributed by atoms with Crippen molar-refractivity contribution >= 4 is 39.3 Å². The number of hydrogen-bond acceptors (Lipinski definition) is 8. The third-order valence-corrected chi connectivity index (χ3v) is 12.2. The average Bonchev–Trinajstić information content (AvgIpc) is 3.16. The number of anilines is 1. The highest BCUT2D eigenvalue weighted by atomic mass is 35.5. The van der Waals surface area contributed by atoms with E-state index in [4.69, 9.17) is 25.8 Å². The maximum Gasteiger partial charge on any atom is 0.410 e. The normalized spacial score (nSPS) is 30.6. The van der Waals surface area contributed by atoms with Gasteiger partial charge in [0.15, 0.2) is 0 Å². The number of likely N-dealkylation sites (tertiary alicyclic amines) is 1. The number of aryl methyl sites for hydroxylation is 1. The smallest absolute Gasteiger partial charge is 0.410 e. The maximum atomic E-state index is 13.6. The highest BCUT2D eigenvalue weighted by Gasteiger charge is 2.49. The summed E-state index contributed by atoms with van der Waals surface area (Å²) in [5, 5.41) is 0.664. The average molecular weight is 720 g/mol. The van der Waals surface area contributed by atoms with Crippen molar-refractivity contribution in [2.45, 2.75) is 73.9 Å². The minimum absolute atomic E-state index is 0.0155. The largest absolute Gasteiger partial charge is 0.490 e. The van der Waals surface area contributed by atoms with Crippen LogP contribution >= 0.6 is 11.6 Å². The van der Waals surface area contributed by atoms with Crippen LogP contribution in [0.5, 0.6) is 5.75 Å². The summed E-state index contributed by atoms with van der Waals surface area (Å²) >= 11 is 6.40. The minimum Gasteiger partial charge on any atom is -0.490 e. The summed E-state index contributed by atoms with van der Waals surface area (Å²) in [5.74, 6) is -3.39. The first-order valence-electron chi connectivity index (χ1n) is 16.7. The van der Waals surface area contributed by atoms with Gasteiger partial charge in [0, 0.05) is 29.4 Å². The zero-order valence-corrected chi connectivity index (χ0v) is 29.0. The maximum absolute atomic E-state index is 13.6. The van der Waals surface area contributed by atoms with E-state index in [1.807, 2.05) is 12.1 Å². The van der Waals surface area contributed by atoms with Crippen LogP contribution in [0.1, 0.15) is 50.7 Å². The Balaban J connectivity index is 1.27. The topological polar surface area (TPSA) is 114 Å². The van der Waals surface area contributed by atoms with Crippen molar-refractivity contribution in [2.75, 3.05) is 44.3 Å². The molecule has 4 atom stereocenters. The van der Waals surface area contributed by atoms with E-state index < -0.39 is 58.2 Å². The van der Waals surface area contributed by atoms with Gasteiger partial charge in [-0.3, -0.25) is 9.69 Å². The Bertz CT molecular complexity index is 1800. The fourth-order valence-electron chi connectivity index (χ4n) is 7.72. The van der Waals surface area contributed by atoms with E-state index in [1.54, 1.807) is 24.3 Å². The number of fused-ring (bicyclic) bond motifs is 4. The lowest BCUT2D eigenvalue weighted by Gasteiger charge is -2.46. The third kappa shape index (κ3) is 6.61. The molecule has 1 saturated heterocycles. The molecule has 0 unspecified atom stereocenters. The number of carbonyl (C=O) groups is 2. The molecule has 1 spiro atoms. The lowest BCUT2D eigenvalue weighted by Crippen LogP contribution is -2.59. The van der Waals surface area contributed by atoms with Gasteiger partial charge in [-0.1, -0.05) is 23.7 Å². The molecule has 2 bridgehead atoms. The number of alkyl halides is 2. The molecule has 3 heterocycles. The van der Waals surface area contributed by atoms with Gasteiger partial charge in [-0.2, -0.15) is 0 Å². The molecular weight excluding hydrogens is 680 g/mol. The molecule has 2 fully saturated rings. The molecule has 7 rings (SSSR count). The predicted molar refractivity (Wildman–Crippen MR) is 178 cm³/mol. The van der Waals surface area contributed by atoms with Crippen LogP contribution in [-0.2, 0) is 36.1 Å². The number of sulfonamides is 1. The highest BCUT2D eigenvalue weighted by molar-refractivity contribution is 7.90. The molecule has 3 aliphatic heterocycles. The van der Waals surface area contributed by atoms with E-state index in [1.165, 1.54) is 19.9 Å². The van der Waals surface area contributed by atoms with Crippen LogP contribution in [0.15, 0.2) is 53.4 Å². The summed E-state index contributed by atoms with van der Waals surface area (Å²) in [6, 6.07) is 10.6.